The summed E-state index contributed by atoms with van der Waals surface area (Å²) in [5, 5.41) is 17.3. The standard InChI is InChI=1S/C23H38N4O2/c1-15(24)27-19-13-9-8-12-17(19)21(16-10-6-5-7-11-16)26-18(22(27)25)14-20(28)29-23(2,3)4/h16-17,19,21,24-25H,5-14H2,1-4H3. The van der Waals surface area contributed by atoms with Crippen molar-refractivity contribution in [2.45, 2.75) is 110 Å². The van der Waals surface area contributed by atoms with Crippen molar-refractivity contribution in [3.8, 4) is 0 Å². The number of carbonyl (C=O) groups excluding carboxylic acids is 1. The Bertz CT molecular complexity index is 673. The maximum absolute atomic E-state index is 12.6. The predicted octanol–water partition coefficient (Wildman–Crippen LogP) is 4.96. The van der Waals surface area contributed by atoms with Gasteiger partial charge in [-0.15, -0.1) is 0 Å². The van der Waals surface area contributed by atoms with Crippen molar-refractivity contribution in [1.29, 1.82) is 10.8 Å². The van der Waals surface area contributed by atoms with E-state index in [9.17, 15) is 4.79 Å². The van der Waals surface area contributed by atoms with Gasteiger partial charge in [-0.25, -0.2) is 0 Å². The summed E-state index contributed by atoms with van der Waals surface area (Å²) < 4.78 is 5.54. The highest BCUT2D eigenvalue weighted by atomic mass is 16.6. The van der Waals surface area contributed by atoms with Gasteiger partial charge in [-0.2, -0.15) is 0 Å². The summed E-state index contributed by atoms with van der Waals surface area (Å²) in [5.41, 5.74) is -0.0470. The van der Waals surface area contributed by atoms with Crippen LogP contribution >= 0.6 is 0 Å². The lowest BCUT2D eigenvalue weighted by Crippen LogP contribution is -2.51. The third kappa shape index (κ3) is 5.26. The Kier molecular flexibility index (Phi) is 6.79. The highest BCUT2D eigenvalue weighted by Gasteiger charge is 2.44. The zero-order chi connectivity index (χ0) is 21.2. The molecule has 0 saturated heterocycles. The SMILES string of the molecule is CC(=N)N1C(=N)C(CC(=O)OC(C)(C)C)=NC(C2CCCCC2)C2CCCCC21. The molecule has 0 aromatic heterocycles. The molecule has 2 saturated carbocycles. The number of fused-ring (bicyclic) bond motifs is 1. The van der Waals surface area contributed by atoms with Crippen LogP contribution in [0.3, 0.4) is 0 Å². The number of nitrogens with zero attached hydrogens (tertiary/aromatic N) is 2. The molecule has 6 nitrogen and oxygen atoms in total. The van der Waals surface area contributed by atoms with E-state index in [-0.39, 0.29) is 30.3 Å². The third-order valence-corrected chi connectivity index (χ3v) is 6.60. The molecule has 0 aromatic carbocycles. The second kappa shape index (κ2) is 8.97. The third-order valence-electron chi connectivity index (χ3n) is 6.60. The summed E-state index contributed by atoms with van der Waals surface area (Å²) in [7, 11) is 0. The molecule has 0 bridgehead atoms. The van der Waals surface area contributed by atoms with E-state index in [2.05, 4.69) is 0 Å². The molecule has 3 aliphatic rings. The largest absolute Gasteiger partial charge is 0.460 e. The second-order valence-electron chi connectivity index (χ2n) is 10.0. The maximum Gasteiger partial charge on any atom is 0.312 e. The Balaban J connectivity index is 1.96. The summed E-state index contributed by atoms with van der Waals surface area (Å²) in [6, 6.07) is 0.309. The number of hydrogen-bond acceptors (Lipinski definition) is 5. The van der Waals surface area contributed by atoms with Gasteiger partial charge < -0.3 is 9.64 Å². The van der Waals surface area contributed by atoms with E-state index < -0.39 is 5.60 Å². The van der Waals surface area contributed by atoms with Gasteiger partial charge in [0.1, 0.15) is 11.4 Å². The van der Waals surface area contributed by atoms with E-state index in [4.69, 9.17) is 20.5 Å². The van der Waals surface area contributed by atoms with Gasteiger partial charge in [-0.1, -0.05) is 32.1 Å². The van der Waals surface area contributed by atoms with Crippen molar-refractivity contribution < 1.29 is 9.53 Å². The van der Waals surface area contributed by atoms with Gasteiger partial charge in [-0.3, -0.25) is 20.6 Å². The van der Waals surface area contributed by atoms with Crippen LogP contribution in [-0.4, -0.2) is 45.9 Å². The summed E-state index contributed by atoms with van der Waals surface area (Å²) in [4.78, 5) is 19.6. The van der Waals surface area contributed by atoms with Crippen LogP contribution in [0.25, 0.3) is 0 Å². The monoisotopic (exact) mass is 402 g/mol. The number of rotatable bonds is 3. The molecule has 6 heteroatoms. The fourth-order valence-electron chi connectivity index (χ4n) is 5.49. The molecule has 3 unspecified atom stereocenters. The Labute approximate surface area is 175 Å². The van der Waals surface area contributed by atoms with E-state index in [0.29, 0.717) is 23.4 Å². The number of hydrogen-bond donors (Lipinski definition) is 2. The summed E-state index contributed by atoms with van der Waals surface area (Å²) >= 11 is 0. The number of esters is 1. The summed E-state index contributed by atoms with van der Waals surface area (Å²) in [5.74, 6) is 1.17. The average Bonchev–Trinajstić information content (AvgIpc) is 2.76. The first-order valence-corrected chi connectivity index (χ1v) is 11.4. The van der Waals surface area contributed by atoms with Crippen LogP contribution in [0.5, 0.6) is 0 Å². The van der Waals surface area contributed by atoms with Gasteiger partial charge in [0, 0.05) is 12.0 Å². The average molecular weight is 403 g/mol. The minimum atomic E-state index is -0.557. The van der Waals surface area contributed by atoms with Gasteiger partial charge in [0.15, 0.2) is 0 Å². The number of carbonyl (C=O) groups is 1. The van der Waals surface area contributed by atoms with Crippen LogP contribution in [-0.2, 0) is 9.53 Å². The molecule has 162 valence electrons. The molecule has 2 N–H and O–H groups in total. The van der Waals surface area contributed by atoms with E-state index in [1.807, 2.05) is 25.7 Å². The van der Waals surface area contributed by atoms with Crippen molar-refractivity contribution in [3.63, 3.8) is 0 Å². The zero-order valence-corrected chi connectivity index (χ0v) is 18.6. The Hall–Kier alpha value is -1.72. The fourth-order valence-corrected chi connectivity index (χ4v) is 5.49. The van der Waals surface area contributed by atoms with E-state index in [0.717, 1.165) is 19.3 Å². The summed E-state index contributed by atoms with van der Waals surface area (Å²) in [6.07, 6.45) is 10.6. The first-order valence-electron chi connectivity index (χ1n) is 11.4. The molecule has 3 rings (SSSR count). The minimum Gasteiger partial charge on any atom is -0.460 e. The van der Waals surface area contributed by atoms with Gasteiger partial charge in [0.05, 0.1) is 24.0 Å². The van der Waals surface area contributed by atoms with Crippen molar-refractivity contribution in [1.82, 2.24) is 4.90 Å². The van der Waals surface area contributed by atoms with Crippen LogP contribution in [0.1, 0.15) is 91.9 Å². The number of aliphatic imine (C=N–C) groups is 1. The van der Waals surface area contributed by atoms with Crippen LogP contribution in [0.15, 0.2) is 4.99 Å². The first kappa shape index (κ1) is 22.0. The van der Waals surface area contributed by atoms with Crippen molar-refractivity contribution in [2.24, 2.45) is 16.8 Å². The number of ether oxygens (including phenoxy) is 1. The number of amidine groups is 2. The van der Waals surface area contributed by atoms with Crippen LogP contribution in [0.4, 0.5) is 0 Å². The Morgan fingerprint density at radius 2 is 1.72 bits per heavy atom. The Morgan fingerprint density at radius 3 is 2.34 bits per heavy atom. The van der Waals surface area contributed by atoms with Crippen molar-refractivity contribution in [2.75, 3.05) is 0 Å². The van der Waals surface area contributed by atoms with E-state index in [1.54, 1.807) is 6.92 Å². The molecular formula is C23H38N4O2. The smallest absolute Gasteiger partial charge is 0.312 e. The molecule has 1 aliphatic heterocycles. The normalized spacial score (nSPS) is 29.0. The zero-order valence-electron chi connectivity index (χ0n) is 18.6. The van der Waals surface area contributed by atoms with Crippen molar-refractivity contribution >= 4 is 23.4 Å². The predicted molar refractivity (Wildman–Crippen MR) is 117 cm³/mol. The lowest BCUT2D eigenvalue weighted by atomic mass is 9.71. The molecule has 2 fully saturated rings. The molecule has 0 amide bonds. The first-order chi connectivity index (χ1) is 13.7. The molecule has 0 spiro atoms. The Morgan fingerprint density at radius 1 is 1.10 bits per heavy atom. The minimum absolute atomic E-state index is 0.0164. The molecule has 3 atom stereocenters. The highest BCUT2D eigenvalue weighted by molar-refractivity contribution is 6.45. The number of nitrogens with one attached hydrogen (secondary N) is 2. The van der Waals surface area contributed by atoms with E-state index >= 15 is 0 Å². The van der Waals surface area contributed by atoms with E-state index in [1.165, 1.54) is 38.5 Å². The second-order valence-corrected chi connectivity index (χ2v) is 10.0. The maximum atomic E-state index is 12.6. The highest BCUT2D eigenvalue weighted by Crippen LogP contribution is 2.41. The van der Waals surface area contributed by atoms with Crippen LogP contribution in [0, 0.1) is 22.7 Å². The van der Waals surface area contributed by atoms with Gasteiger partial charge in [0.25, 0.3) is 0 Å². The lowest BCUT2D eigenvalue weighted by molar-refractivity contribution is -0.153. The summed E-state index contributed by atoms with van der Waals surface area (Å²) in [6.45, 7) is 7.34. The quantitative estimate of drug-likeness (QED) is 0.397. The lowest BCUT2D eigenvalue weighted by Gasteiger charge is -2.43. The topological polar surface area (TPSA) is 89.6 Å². The van der Waals surface area contributed by atoms with Gasteiger partial charge in [0.2, 0.25) is 0 Å². The molecule has 1 heterocycles. The van der Waals surface area contributed by atoms with Gasteiger partial charge >= 0.3 is 5.97 Å². The molecule has 29 heavy (non-hydrogen) atoms. The molecule has 0 aromatic rings. The van der Waals surface area contributed by atoms with Crippen LogP contribution < -0.4 is 0 Å². The van der Waals surface area contributed by atoms with Crippen molar-refractivity contribution in [3.05, 3.63) is 0 Å². The molecule has 0 radical (unpaired) electrons. The van der Waals surface area contributed by atoms with Crippen LogP contribution in [0.2, 0.25) is 0 Å². The van der Waals surface area contributed by atoms with Gasteiger partial charge in [-0.05, 0) is 59.3 Å². The molecular weight excluding hydrogens is 364 g/mol. The fraction of sp³-hybridized carbons (Fsp3) is 0.826. The molecule has 2 aliphatic carbocycles.